The van der Waals surface area contributed by atoms with Gasteiger partial charge in [-0.3, -0.25) is 4.79 Å². The van der Waals surface area contributed by atoms with Crippen molar-refractivity contribution in [2.45, 2.75) is 12.5 Å². The summed E-state index contributed by atoms with van der Waals surface area (Å²) in [6.07, 6.45) is 0.994. The Hall–Kier alpha value is -1.42. The first-order chi connectivity index (χ1) is 7.70. The number of hydrogen-bond donors (Lipinski definition) is 0. The van der Waals surface area contributed by atoms with E-state index in [-0.39, 0.29) is 17.8 Å². The molecule has 3 nitrogen and oxygen atoms in total. The summed E-state index contributed by atoms with van der Waals surface area (Å²) in [4.78, 5) is 13.7. The molecule has 0 aliphatic carbocycles. The highest BCUT2D eigenvalue weighted by Crippen LogP contribution is 2.15. The van der Waals surface area contributed by atoms with E-state index < -0.39 is 0 Å². The van der Waals surface area contributed by atoms with Crippen LogP contribution in [0.5, 0.6) is 0 Å². The summed E-state index contributed by atoms with van der Waals surface area (Å²) in [6, 6.07) is 5.63. The van der Waals surface area contributed by atoms with Gasteiger partial charge in [0.1, 0.15) is 5.82 Å². The van der Waals surface area contributed by atoms with Crippen molar-refractivity contribution in [2.24, 2.45) is 0 Å². The first-order valence-electron chi connectivity index (χ1n) is 5.28. The summed E-state index contributed by atoms with van der Waals surface area (Å²) in [6.45, 7) is 1.32. The van der Waals surface area contributed by atoms with Crippen LogP contribution in [0.3, 0.4) is 0 Å². The largest absolute Gasteiger partial charge is 0.380 e. The fraction of sp³-hybridized carbons (Fsp3) is 0.417. The minimum absolute atomic E-state index is 0.0560. The molecule has 0 saturated carbocycles. The number of rotatable bonds is 2. The molecule has 16 heavy (non-hydrogen) atoms. The van der Waals surface area contributed by atoms with Crippen molar-refractivity contribution >= 4 is 5.91 Å². The van der Waals surface area contributed by atoms with Crippen molar-refractivity contribution < 1.29 is 13.9 Å². The molecule has 4 heteroatoms. The average Bonchev–Trinajstić information content (AvgIpc) is 2.77. The number of carbonyl (C=O) groups is 1. The zero-order valence-electron chi connectivity index (χ0n) is 9.15. The van der Waals surface area contributed by atoms with Gasteiger partial charge in [0.2, 0.25) is 0 Å². The van der Waals surface area contributed by atoms with Crippen LogP contribution < -0.4 is 0 Å². The Labute approximate surface area is 93.8 Å². The van der Waals surface area contributed by atoms with Crippen LogP contribution in [0, 0.1) is 5.82 Å². The van der Waals surface area contributed by atoms with Crippen LogP contribution in [0.4, 0.5) is 4.39 Å². The summed E-state index contributed by atoms with van der Waals surface area (Å²) in [5.74, 6) is -0.382. The van der Waals surface area contributed by atoms with Crippen LogP contribution in [0.2, 0.25) is 0 Å². The molecule has 0 bridgehead atoms. The Balaban J connectivity index is 2.05. The Kier molecular flexibility index (Phi) is 3.19. The molecule has 1 aliphatic heterocycles. The highest BCUT2D eigenvalue weighted by atomic mass is 19.1. The molecule has 1 aromatic carbocycles. The van der Waals surface area contributed by atoms with E-state index in [1.54, 1.807) is 12.0 Å². The summed E-state index contributed by atoms with van der Waals surface area (Å²) in [7, 11) is 1.65. The predicted molar refractivity (Wildman–Crippen MR) is 57.7 cm³/mol. The van der Waals surface area contributed by atoms with Gasteiger partial charge in [-0.05, 0) is 30.7 Å². The maximum Gasteiger partial charge on any atom is 0.253 e. The molecule has 1 unspecified atom stereocenters. The topological polar surface area (TPSA) is 29.5 Å². The lowest BCUT2D eigenvalue weighted by atomic mass is 10.2. The number of halogens is 1. The van der Waals surface area contributed by atoms with E-state index in [1.807, 2.05) is 0 Å². The molecule has 0 N–H and O–H groups in total. The molecule has 86 valence electrons. The van der Waals surface area contributed by atoms with Crippen molar-refractivity contribution in [1.82, 2.24) is 4.90 Å². The van der Waals surface area contributed by atoms with Crippen LogP contribution >= 0.6 is 0 Å². The number of likely N-dealkylation sites (tertiary alicyclic amines) is 1. The zero-order chi connectivity index (χ0) is 11.5. The normalized spacial score (nSPS) is 20.1. The van der Waals surface area contributed by atoms with E-state index in [1.165, 1.54) is 24.3 Å². The van der Waals surface area contributed by atoms with E-state index in [0.29, 0.717) is 18.7 Å². The molecular formula is C12H14FNO2. The molecule has 1 atom stereocenters. The van der Waals surface area contributed by atoms with E-state index in [0.717, 1.165) is 6.42 Å². The van der Waals surface area contributed by atoms with Crippen LogP contribution in [-0.2, 0) is 4.74 Å². The summed E-state index contributed by atoms with van der Waals surface area (Å²) < 4.78 is 17.9. The van der Waals surface area contributed by atoms with Crippen molar-refractivity contribution in [3.05, 3.63) is 35.6 Å². The molecule has 1 aliphatic rings. The number of nitrogens with zero attached hydrogens (tertiary/aromatic N) is 1. The number of methoxy groups -OCH3 is 1. The van der Waals surface area contributed by atoms with Crippen molar-refractivity contribution in [3.63, 3.8) is 0 Å². The number of amides is 1. The number of carbonyl (C=O) groups excluding carboxylic acids is 1. The molecule has 0 radical (unpaired) electrons. The molecule has 2 rings (SSSR count). The molecule has 0 spiro atoms. The summed E-state index contributed by atoms with van der Waals surface area (Å²) in [5, 5.41) is 0. The third-order valence-electron chi connectivity index (χ3n) is 2.86. The second kappa shape index (κ2) is 4.61. The Morgan fingerprint density at radius 1 is 1.44 bits per heavy atom. The smallest absolute Gasteiger partial charge is 0.253 e. The van der Waals surface area contributed by atoms with Gasteiger partial charge in [-0.25, -0.2) is 4.39 Å². The summed E-state index contributed by atoms with van der Waals surface area (Å²) in [5.41, 5.74) is 0.526. The van der Waals surface area contributed by atoms with E-state index in [2.05, 4.69) is 0 Å². The van der Waals surface area contributed by atoms with Gasteiger partial charge in [0, 0.05) is 25.8 Å². The van der Waals surface area contributed by atoms with Gasteiger partial charge in [0.05, 0.1) is 6.10 Å². The fourth-order valence-electron chi connectivity index (χ4n) is 1.88. The maximum absolute atomic E-state index is 12.7. The van der Waals surface area contributed by atoms with E-state index in [9.17, 15) is 9.18 Å². The molecular weight excluding hydrogens is 209 g/mol. The highest BCUT2D eigenvalue weighted by Gasteiger charge is 2.26. The second-order valence-corrected chi connectivity index (χ2v) is 3.90. The monoisotopic (exact) mass is 223 g/mol. The molecule has 1 amide bonds. The van der Waals surface area contributed by atoms with Crippen LogP contribution in [0.15, 0.2) is 24.3 Å². The lowest BCUT2D eigenvalue weighted by Crippen LogP contribution is -2.29. The molecule has 1 fully saturated rings. The number of hydrogen-bond acceptors (Lipinski definition) is 2. The van der Waals surface area contributed by atoms with Gasteiger partial charge in [-0.15, -0.1) is 0 Å². The zero-order valence-corrected chi connectivity index (χ0v) is 9.15. The van der Waals surface area contributed by atoms with Crippen LogP contribution in [-0.4, -0.2) is 37.1 Å². The molecule has 1 heterocycles. The average molecular weight is 223 g/mol. The van der Waals surface area contributed by atoms with Gasteiger partial charge in [-0.2, -0.15) is 0 Å². The molecule has 1 saturated heterocycles. The van der Waals surface area contributed by atoms with Crippen LogP contribution in [0.1, 0.15) is 16.8 Å². The lowest BCUT2D eigenvalue weighted by molar-refractivity contribution is 0.0724. The van der Waals surface area contributed by atoms with Crippen LogP contribution in [0.25, 0.3) is 0 Å². The van der Waals surface area contributed by atoms with E-state index >= 15 is 0 Å². The second-order valence-electron chi connectivity index (χ2n) is 3.90. The third kappa shape index (κ3) is 2.22. The molecule has 0 aromatic heterocycles. The maximum atomic E-state index is 12.7. The quantitative estimate of drug-likeness (QED) is 0.763. The van der Waals surface area contributed by atoms with Gasteiger partial charge < -0.3 is 9.64 Å². The Bertz CT molecular complexity index is 377. The fourth-order valence-corrected chi connectivity index (χ4v) is 1.88. The van der Waals surface area contributed by atoms with Gasteiger partial charge >= 0.3 is 0 Å². The summed E-state index contributed by atoms with van der Waals surface area (Å²) >= 11 is 0. The highest BCUT2D eigenvalue weighted by molar-refractivity contribution is 5.94. The predicted octanol–water partition coefficient (Wildman–Crippen LogP) is 1.69. The van der Waals surface area contributed by atoms with E-state index in [4.69, 9.17) is 4.74 Å². The Morgan fingerprint density at radius 2 is 2.12 bits per heavy atom. The SMILES string of the molecule is COC1CCN(C(=O)c2ccc(F)cc2)C1. The first kappa shape index (κ1) is 11.1. The third-order valence-corrected chi connectivity index (χ3v) is 2.86. The Morgan fingerprint density at radius 3 is 2.69 bits per heavy atom. The van der Waals surface area contributed by atoms with Crippen molar-refractivity contribution in [2.75, 3.05) is 20.2 Å². The number of benzene rings is 1. The van der Waals surface area contributed by atoms with Crippen molar-refractivity contribution in [3.8, 4) is 0 Å². The standard InChI is InChI=1S/C12H14FNO2/c1-16-11-6-7-14(8-11)12(15)9-2-4-10(13)5-3-9/h2-5,11H,6-8H2,1H3. The van der Waals surface area contributed by atoms with Gasteiger partial charge in [0.15, 0.2) is 0 Å². The van der Waals surface area contributed by atoms with Gasteiger partial charge in [-0.1, -0.05) is 0 Å². The minimum Gasteiger partial charge on any atom is -0.380 e. The van der Waals surface area contributed by atoms with Crippen molar-refractivity contribution in [1.29, 1.82) is 0 Å². The lowest BCUT2D eigenvalue weighted by Gasteiger charge is -2.15. The number of ether oxygens (including phenoxy) is 1. The minimum atomic E-state index is -0.326. The van der Waals surface area contributed by atoms with Gasteiger partial charge in [0.25, 0.3) is 5.91 Å². The first-order valence-corrected chi connectivity index (χ1v) is 5.28. The molecule has 1 aromatic rings.